The van der Waals surface area contributed by atoms with Crippen molar-refractivity contribution >= 4 is 6.08 Å². The molecular formula is C18H35N. The van der Waals surface area contributed by atoms with Crippen LogP contribution in [0, 0.1) is 20.8 Å². The summed E-state index contributed by atoms with van der Waals surface area (Å²) in [5.41, 5.74) is 5.35. The van der Waals surface area contributed by atoms with Gasteiger partial charge < -0.3 is 4.57 Å². The van der Waals surface area contributed by atoms with Gasteiger partial charge in [-0.3, -0.25) is 0 Å². The van der Waals surface area contributed by atoms with Crippen molar-refractivity contribution in [3.05, 3.63) is 41.2 Å². The Kier molecular flexibility index (Phi) is 17.9. The average Bonchev–Trinajstić information content (AvgIpc) is 2.68. The van der Waals surface area contributed by atoms with E-state index < -0.39 is 0 Å². The zero-order valence-electron chi connectivity index (χ0n) is 14.9. The highest BCUT2D eigenvalue weighted by Gasteiger charge is 2.08. The van der Waals surface area contributed by atoms with Crippen molar-refractivity contribution in [2.45, 2.75) is 62.3 Å². The Morgan fingerprint density at radius 3 is 1.53 bits per heavy atom. The van der Waals surface area contributed by atoms with E-state index in [2.05, 4.69) is 45.0 Å². The van der Waals surface area contributed by atoms with E-state index in [1.165, 1.54) is 22.5 Å². The first-order chi connectivity index (χ1) is 9.09. The number of hydrogen-bond acceptors (Lipinski definition) is 0. The molecule has 0 aliphatic heterocycles. The van der Waals surface area contributed by atoms with E-state index >= 15 is 0 Å². The van der Waals surface area contributed by atoms with Crippen LogP contribution >= 0.6 is 0 Å². The van der Waals surface area contributed by atoms with Gasteiger partial charge in [0.05, 0.1) is 0 Å². The molecule has 0 saturated heterocycles. The lowest BCUT2D eigenvalue weighted by Gasteiger charge is -2.00. The molecule has 1 heteroatoms. The maximum atomic E-state index is 3.67. The number of aromatic nitrogens is 1. The molecule has 1 heterocycles. The highest BCUT2D eigenvalue weighted by molar-refractivity contribution is 5.55. The normalized spacial score (nSPS) is 8.53. The second-order valence-electron chi connectivity index (χ2n) is 3.37. The van der Waals surface area contributed by atoms with Gasteiger partial charge >= 0.3 is 0 Å². The van der Waals surface area contributed by atoms with Gasteiger partial charge in [0.2, 0.25) is 0 Å². The summed E-state index contributed by atoms with van der Waals surface area (Å²) in [4.78, 5) is 0. The van der Waals surface area contributed by atoms with Gasteiger partial charge in [0.25, 0.3) is 0 Å². The van der Waals surface area contributed by atoms with Crippen LogP contribution < -0.4 is 0 Å². The van der Waals surface area contributed by atoms with Crippen LogP contribution in [0.1, 0.15) is 64.1 Å². The largest absolute Gasteiger partial charge is 0.348 e. The quantitative estimate of drug-likeness (QED) is 0.559. The Morgan fingerprint density at radius 2 is 1.26 bits per heavy atom. The van der Waals surface area contributed by atoms with Gasteiger partial charge in [-0.05, 0) is 38.0 Å². The third-order valence-electron chi connectivity index (χ3n) is 2.74. The predicted molar refractivity (Wildman–Crippen MR) is 92.9 cm³/mol. The number of hydrogen-bond donors (Lipinski definition) is 0. The molecule has 0 spiro atoms. The minimum absolute atomic E-state index is 1.27. The van der Waals surface area contributed by atoms with Crippen molar-refractivity contribution in [1.82, 2.24) is 4.57 Å². The van der Waals surface area contributed by atoms with Crippen molar-refractivity contribution in [1.29, 1.82) is 0 Å². The third-order valence-corrected chi connectivity index (χ3v) is 2.74. The average molecular weight is 265 g/mol. The van der Waals surface area contributed by atoms with Crippen LogP contribution in [0.2, 0.25) is 0 Å². The van der Waals surface area contributed by atoms with Crippen molar-refractivity contribution < 1.29 is 0 Å². The Bertz CT molecular complexity index is 329. The lowest BCUT2D eigenvalue weighted by atomic mass is 10.1. The summed E-state index contributed by atoms with van der Waals surface area (Å²) in [6.07, 6.45) is 5.88. The van der Waals surface area contributed by atoms with E-state index in [1.54, 1.807) is 6.08 Å². The summed E-state index contributed by atoms with van der Waals surface area (Å²) < 4.78 is 2.21. The molecule has 0 aliphatic carbocycles. The first-order valence-electron chi connectivity index (χ1n) is 7.51. The summed E-state index contributed by atoms with van der Waals surface area (Å²) in [6.45, 7) is 22.1. The molecule has 0 amide bonds. The van der Waals surface area contributed by atoms with E-state index in [0.29, 0.717) is 0 Å². The van der Waals surface area contributed by atoms with Gasteiger partial charge in [0, 0.05) is 18.4 Å². The van der Waals surface area contributed by atoms with Crippen molar-refractivity contribution in [2.24, 2.45) is 7.05 Å². The first kappa shape index (κ1) is 22.9. The number of nitrogens with zero attached hydrogens (tertiary/aromatic N) is 1. The Balaban J connectivity index is -0.000000375. The van der Waals surface area contributed by atoms with Crippen LogP contribution in [0.15, 0.2) is 18.7 Å². The van der Waals surface area contributed by atoms with Crippen molar-refractivity contribution in [3.63, 3.8) is 0 Å². The molecule has 0 atom stereocenters. The molecule has 1 aromatic rings. The Labute approximate surface area is 122 Å². The van der Waals surface area contributed by atoms with Crippen molar-refractivity contribution in [3.8, 4) is 0 Å². The minimum atomic E-state index is 1.27. The summed E-state index contributed by atoms with van der Waals surface area (Å²) in [5.74, 6) is 0. The summed E-state index contributed by atoms with van der Waals surface area (Å²) in [6, 6.07) is 0. The highest BCUT2D eigenvalue weighted by Crippen LogP contribution is 2.20. The van der Waals surface area contributed by atoms with Crippen molar-refractivity contribution in [2.75, 3.05) is 0 Å². The SMILES string of the molecule is C=C/C=C\c1c(C)c(C)c(C)n1C.CC.CC.CC. The van der Waals surface area contributed by atoms with E-state index in [4.69, 9.17) is 0 Å². The van der Waals surface area contributed by atoms with Crippen LogP contribution in [0.5, 0.6) is 0 Å². The molecule has 0 N–H and O–H groups in total. The maximum Gasteiger partial charge on any atom is 0.0438 e. The molecule has 0 aromatic carbocycles. The molecule has 0 unspecified atom stereocenters. The molecule has 1 aromatic heterocycles. The lowest BCUT2D eigenvalue weighted by Crippen LogP contribution is -1.93. The molecule has 1 nitrogen and oxygen atoms in total. The van der Waals surface area contributed by atoms with Crippen LogP contribution in [0.25, 0.3) is 6.08 Å². The number of rotatable bonds is 2. The van der Waals surface area contributed by atoms with Gasteiger partial charge in [-0.2, -0.15) is 0 Å². The Morgan fingerprint density at radius 1 is 0.842 bits per heavy atom. The zero-order valence-corrected chi connectivity index (χ0v) is 14.9. The van der Waals surface area contributed by atoms with Gasteiger partial charge in [0.15, 0.2) is 0 Å². The lowest BCUT2D eigenvalue weighted by molar-refractivity contribution is 0.865. The molecule has 0 saturated carbocycles. The first-order valence-corrected chi connectivity index (χ1v) is 7.51. The van der Waals surface area contributed by atoms with Gasteiger partial charge in [-0.15, -0.1) is 0 Å². The fourth-order valence-corrected chi connectivity index (χ4v) is 1.54. The van der Waals surface area contributed by atoms with Crippen LogP contribution in [-0.4, -0.2) is 4.57 Å². The summed E-state index contributed by atoms with van der Waals surface area (Å²) >= 11 is 0. The zero-order chi connectivity index (χ0) is 16.0. The van der Waals surface area contributed by atoms with Crippen LogP contribution in [0.3, 0.4) is 0 Å². The van der Waals surface area contributed by atoms with Gasteiger partial charge in [-0.1, -0.05) is 60.3 Å². The second-order valence-corrected chi connectivity index (χ2v) is 3.37. The molecule has 0 bridgehead atoms. The summed E-state index contributed by atoms with van der Waals surface area (Å²) in [7, 11) is 2.10. The van der Waals surface area contributed by atoms with E-state index in [9.17, 15) is 0 Å². The molecule has 0 fully saturated rings. The van der Waals surface area contributed by atoms with Gasteiger partial charge in [-0.25, -0.2) is 0 Å². The van der Waals surface area contributed by atoms with Crippen LogP contribution in [0.4, 0.5) is 0 Å². The maximum absolute atomic E-state index is 3.67. The summed E-state index contributed by atoms with van der Waals surface area (Å²) in [5, 5.41) is 0. The standard InChI is InChI=1S/C12H17N.3C2H6/c1-6-7-8-12-10(3)9(2)11(4)13(12)5;3*1-2/h6-8H,1H2,2-5H3;3*1-2H3/b8-7-;;;. The molecule has 0 radical (unpaired) electrons. The van der Waals surface area contributed by atoms with E-state index in [-0.39, 0.29) is 0 Å². The topological polar surface area (TPSA) is 4.93 Å². The van der Waals surface area contributed by atoms with E-state index in [1.807, 2.05) is 47.6 Å². The smallest absolute Gasteiger partial charge is 0.0438 e. The second kappa shape index (κ2) is 14.8. The number of allylic oxidation sites excluding steroid dienone is 2. The predicted octanol–water partition coefficient (Wildman–Crippen LogP) is 6.23. The molecule has 19 heavy (non-hydrogen) atoms. The highest BCUT2D eigenvalue weighted by atomic mass is 15.0. The Hall–Kier alpha value is -1.24. The van der Waals surface area contributed by atoms with E-state index in [0.717, 1.165) is 0 Å². The molecule has 1 rings (SSSR count). The molecular weight excluding hydrogens is 230 g/mol. The fourth-order valence-electron chi connectivity index (χ4n) is 1.54. The van der Waals surface area contributed by atoms with Crippen LogP contribution in [-0.2, 0) is 7.05 Å². The minimum Gasteiger partial charge on any atom is -0.348 e. The van der Waals surface area contributed by atoms with Gasteiger partial charge in [0.1, 0.15) is 0 Å². The monoisotopic (exact) mass is 265 g/mol. The molecule has 0 aliphatic rings. The fraction of sp³-hybridized carbons (Fsp3) is 0.556. The third kappa shape index (κ3) is 7.05. The molecule has 112 valence electrons.